The van der Waals surface area contributed by atoms with E-state index in [4.69, 9.17) is 16.0 Å². The molecule has 0 N–H and O–H groups in total. The Kier molecular flexibility index (Phi) is 5.29. The Morgan fingerprint density at radius 2 is 1.84 bits per heavy atom. The third kappa shape index (κ3) is 4.24. The van der Waals surface area contributed by atoms with E-state index in [1.165, 1.54) is 6.92 Å². The molecular weight excluding hydrogens is 389 g/mol. The van der Waals surface area contributed by atoms with Crippen molar-refractivity contribution in [3.05, 3.63) is 57.4 Å². The van der Waals surface area contributed by atoms with Gasteiger partial charge in [-0.1, -0.05) is 0 Å². The Balaban J connectivity index is 2.46. The summed E-state index contributed by atoms with van der Waals surface area (Å²) >= 11 is 5.43. The highest BCUT2D eigenvalue weighted by Gasteiger charge is 2.33. The first-order valence-electron chi connectivity index (χ1n) is 6.47. The van der Waals surface area contributed by atoms with Crippen molar-refractivity contribution in [2.75, 3.05) is 0 Å². The second kappa shape index (κ2) is 6.93. The number of halogens is 5. The Bertz CT molecular complexity index is 873. The van der Waals surface area contributed by atoms with Crippen LogP contribution in [0.2, 0.25) is 0 Å². The van der Waals surface area contributed by atoms with Gasteiger partial charge in [-0.25, -0.2) is 4.39 Å². The van der Waals surface area contributed by atoms with Crippen molar-refractivity contribution >= 4 is 29.4 Å². The van der Waals surface area contributed by atoms with Crippen LogP contribution in [0.3, 0.4) is 0 Å². The lowest BCUT2D eigenvalue weighted by Gasteiger charge is -2.11. The Hall–Kier alpha value is -2.25. The van der Waals surface area contributed by atoms with Gasteiger partial charge in [-0.3, -0.25) is 10.1 Å². The molecule has 25 heavy (non-hydrogen) atoms. The maximum Gasteiger partial charge on any atom is 0.501 e. The molecular formula is C14H8ClF4NO4P+. The molecule has 0 aromatic heterocycles. The van der Waals surface area contributed by atoms with Crippen molar-refractivity contribution in [1.82, 2.24) is 0 Å². The molecule has 0 heterocycles. The molecule has 2 aromatic rings. The monoisotopic (exact) mass is 396 g/mol. The van der Waals surface area contributed by atoms with E-state index in [0.717, 1.165) is 18.2 Å². The molecule has 0 spiro atoms. The summed E-state index contributed by atoms with van der Waals surface area (Å²) in [6.45, 7) is 1.40. The predicted molar refractivity (Wildman–Crippen MR) is 82.4 cm³/mol. The SMILES string of the molecule is Cc1cc([N+](=O)[O-])c([P+](=O)Cl)cc1Oc1ccc(C(F)(F)F)cc1F. The third-order valence-electron chi connectivity index (χ3n) is 3.14. The van der Waals surface area contributed by atoms with Gasteiger partial charge in [0.25, 0.3) is 5.30 Å². The molecule has 0 fully saturated rings. The van der Waals surface area contributed by atoms with Crippen LogP contribution >= 0.6 is 18.4 Å². The average Bonchev–Trinajstić information content (AvgIpc) is 2.49. The Labute approximate surface area is 143 Å². The summed E-state index contributed by atoms with van der Waals surface area (Å²) in [5.74, 6) is -1.92. The molecule has 0 aliphatic carbocycles. The Morgan fingerprint density at radius 3 is 2.32 bits per heavy atom. The molecule has 11 heteroatoms. The van der Waals surface area contributed by atoms with Crippen molar-refractivity contribution in [3.8, 4) is 11.5 Å². The van der Waals surface area contributed by atoms with Gasteiger partial charge < -0.3 is 4.74 Å². The molecule has 1 unspecified atom stereocenters. The number of rotatable bonds is 4. The number of alkyl halides is 3. The minimum atomic E-state index is -4.72. The molecule has 2 rings (SSSR count). The zero-order chi connectivity index (χ0) is 18.9. The smallest absolute Gasteiger partial charge is 0.454 e. The number of nitro groups is 1. The highest BCUT2D eigenvalue weighted by atomic mass is 35.7. The second-order valence-corrected chi connectivity index (χ2v) is 6.75. The molecule has 0 aliphatic rings. The summed E-state index contributed by atoms with van der Waals surface area (Å²) in [7, 11) is -2.62. The van der Waals surface area contributed by atoms with E-state index in [1.54, 1.807) is 0 Å². The zero-order valence-corrected chi connectivity index (χ0v) is 14.0. The van der Waals surface area contributed by atoms with Crippen molar-refractivity contribution in [1.29, 1.82) is 0 Å². The average molecular weight is 397 g/mol. The summed E-state index contributed by atoms with van der Waals surface area (Å²) in [6.07, 6.45) is -4.72. The van der Waals surface area contributed by atoms with E-state index in [1.807, 2.05) is 0 Å². The number of benzene rings is 2. The van der Waals surface area contributed by atoms with Gasteiger partial charge in [-0.15, -0.1) is 0 Å². The molecule has 0 saturated carbocycles. The summed E-state index contributed by atoms with van der Waals surface area (Å²) in [6, 6.07) is 3.69. The maximum absolute atomic E-state index is 13.8. The fraction of sp³-hybridized carbons (Fsp3) is 0.143. The summed E-state index contributed by atoms with van der Waals surface area (Å²) < 4.78 is 68.1. The first-order chi connectivity index (χ1) is 11.5. The van der Waals surface area contributed by atoms with E-state index in [-0.39, 0.29) is 22.7 Å². The van der Waals surface area contributed by atoms with Crippen molar-refractivity contribution in [3.63, 3.8) is 0 Å². The minimum absolute atomic E-state index is 0.122. The molecule has 0 aliphatic heterocycles. The Morgan fingerprint density at radius 1 is 1.20 bits per heavy atom. The zero-order valence-electron chi connectivity index (χ0n) is 12.3. The minimum Gasteiger partial charge on any atom is -0.454 e. The topological polar surface area (TPSA) is 69.4 Å². The van der Waals surface area contributed by atoms with Gasteiger partial charge in [0.1, 0.15) is 5.75 Å². The van der Waals surface area contributed by atoms with E-state index >= 15 is 0 Å². The molecule has 2 aromatic carbocycles. The molecule has 0 amide bonds. The number of aryl methyl sites for hydroxylation is 1. The normalized spacial score (nSPS) is 12.0. The van der Waals surface area contributed by atoms with Gasteiger partial charge >= 0.3 is 19.0 Å². The number of hydrogen-bond acceptors (Lipinski definition) is 4. The van der Waals surface area contributed by atoms with Crippen molar-refractivity contribution in [2.45, 2.75) is 13.1 Å². The van der Waals surface area contributed by atoms with Crippen molar-refractivity contribution in [2.24, 2.45) is 0 Å². The van der Waals surface area contributed by atoms with E-state index in [0.29, 0.717) is 6.07 Å². The van der Waals surface area contributed by atoms with Crippen LogP contribution in [-0.2, 0) is 10.7 Å². The predicted octanol–water partition coefficient (Wildman–Crippen LogP) is 5.46. The summed E-state index contributed by atoms with van der Waals surface area (Å²) in [5.41, 5.74) is -1.51. The first-order valence-corrected chi connectivity index (χ1v) is 8.64. The molecule has 0 bridgehead atoms. The lowest BCUT2D eigenvalue weighted by atomic mass is 10.2. The van der Waals surface area contributed by atoms with Crippen LogP contribution in [0.15, 0.2) is 30.3 Å². The standard InChI is InChI=1S/C14H8ClF4NO4P/c1-7-4-10(20(21)22)13(25(15)23)6-12(7)24-11-3-2-8(5-9(11)16)14(17,18)19/h2-6H,1H3/q+1. The largest absolute Gasteiger partial charge is 0.501 e. The molecule has 5 nitrogen and oxygen atoms in total. The van der Waals surface area contributed by atoms with Crippen molar-refractivity contribution < 1.29 is 31.8 Å². The van der Waals surface area contributed by atoms with E-state index in [9.17, 15) is 32.2 Å². The maximum atomic E-state index is 13.8. The van der Waals surface area contributed by atoms with Crippen LogP contribution in [0.25, 0.3) is 0 Å². The van der Waals surface area contributed by atoms with Crippen LogP contribution in [0.5, 0.6) is 11.5 Å². The fourth-order valence-electron chi connectivity index (χ4n) is 1.94. The fourth-order valence-corrected chi connectivity index (χ4v) is 2.89. The van der Waals surface area contributed by atoms with E-state index < -0.39 is 41.1 Å². The van der Waals surface area contributed by atoms with Crippen LogP contribution in [0, 0.1) is 22.9 Å². The number of nitrogens with zero attached hydrogens (tertiary/aromatic N) is 1. The third-order valence-corrected chi connectivity index (χ3v) is 4.42. The molecule has 1 atom stereocenters. The summed E-state index contributed by atoms with van der Waals surface area (Å²) in [4.78, 5) is 10.2. The lowest BCUT2D eigenvalue weighted by Crippen LogP contribution is -2.07. The first kappa shape index (κ1) is 19.1. The summed E-state index contributed by atoms with van der Waals surface area (Å²) in [5, 5.41) is 10.6. The van der Waals surface area contributed by atoms with Crippen LogP contribution < -0.4 is 10.0 Å². The van der Waals surface area contributed by atoms with Crippen LogP contribution in [0.1, 0.15) is 11.1 Å². The number of hydrogen-bond donors (Lipinski definition) is 0. The molecule has 132 valence electrons. The van der Waals surface area contributed by atoms with Crippen LogP contribution in [-0.4, -0.2) is 4.92 Å². The quantitative estimate of drug-likeness (QED) is 0.298. The second-order valence-electron chi connectivity index (χ2n) is 4.85. The highest BCUT2D eigenvalue weighted by Crippen LogP contribution is 2.37. The van der Waals surface area contributed by atoms with E-state index in [2.05, 4.69) is 0 Å². The van der Waals surface area contributed by atoms with Gasteiger partial charge in [-0.2, -0.15) is 13.2 Å². The lowest BCUT2D eigenvalue weighted by molar-refractivity contribution is -0.383. The van der Waals surface area contributed by atoms with Gasteiger partial charge in [0, 0.05) is 12.1 Å². The number of nitro benzene ring substituents is 1. The van der Waals surface area contributed by atoms with Gasteiger partial charge in [0.15, 0.2) is 11.6 Å². The molecule has 0 saturated heterocycles. The van der Waals surface area contributed by atoms with Crippen LogP contribution in [0.4, 0.5) is 23.2 Å². The van der Waals surface area contributed by atoms with Gasteiger partial charge in [0.2, 0.25) is 11.2 Å². The van der Waals surface area contributed by atoms with Gasteiger partial charge in [0.05, 0.1) is 10.5 Å². The highest BCUT2D eigenvalue weighted by molar-refractivity contribution is 7.80. The molecule has 0 radical (unpaired) electrons. The van der Waals surface area contributed by atoms with Gasteiger partial charge in [-0.05, 0) is 35.3 Å². The number of ether oxygens (including phenoxy) is 1.